The second-order valence-corrected chi connectivity index (χ2v) is 4.47. The van der Waals surface area contributed by atoms with Crippen molar-refractivity contribution in [2.75, 3.05) is 5.32 Å². The predicted octanol–water partition coefficient (Wildman–Crippen LogP) is 4.33. The summed E-state index contributed by atoms with van der Waals surface area (Å²) in [5, 5.41) is 12.2. The van der Waals surface area contributed by atoms with E-state index in [4.69, 9.17) is 5.26 Å². The molecule has 0 spiro atoms. The van der Waals surface area contributed by atoms with Crippen molar-refractivity contribution < 1.29 is 13.5 Å². The molecule has 21 heavy (non-hydrogen) atoms. The maximum absolute atomic E-state index is 12.2. The topological polar surface area (TPSA) is 45.0 Å². The van der Waals surface area contributed by atoms with Crippen LogP contribution in [0.5, 0.6) is 5.75 Å². The third-order valence-corrected chi connectivity index (χ3v) is 3.00. The molecule has 2 aromatic carbocycles. The number of ether oxygens (including phenoxy) is 1. The van der Waals surface area contributed by atoms with Crippen LogP contribution in [0.15, 0.2) is 48.5 Å². The van der Waals surface area contributed by atoms with Gasteiger partial charge in [-0.15, -0.1) is 0 Å². The number of nitrogens with zero attached hydrogens (tertiary/aromatic N) is 1. The van der Waals surface area contributed by atoms with Gasteiger partial charge in [-0.1, -0.05) is 24.3 Å². The van der Waals surface area contributed by atoms with Crippen molar-refractivity contribution >= 4 is 5.69 Å². The van der Waals surface area contributed by atoms with E-state index in [9.17, 15) is 8.78 Å². The van der Waals surface area contributed by atoms with E-state index in [0.29, 0.717) is 11.3 Å². The molecule has 0 heterocycles. The van der Waals surface area contributed by atoms with Gasteiger partial charge < -0.3 is 10.1 Å². The lowest BCUT2D eigenvalue weighted by atomic mass is 10.1. The smallest absolute Gasteiger partial charge is 0.387 e. The van der Waals surface area contributed by atoms with Crippen LogP contribution in [0.3, 0.4) is 0 Å². The monoisotopic (exact) mass is 288 g/mol. The fourth-order valence-electron chi connectivity index (χ4n) is 1.98. The summed E-state index contributed by atoms with van der Waals surface area (Å²) in [5.41, 5.74) is 2.03. The Labute approximate surface area is 121 Å². The van der Waals surface area contributed by atoms with Crippen LogP contribution >= 0.6 is 0 Å². The summed E-state index contributed by atoms with van der Waals surface area (Å²) in [6.45, 7) is -0.960. The number of nitrogens with one attached hydrogen (secondary N) is 1. The molecule has 0 aliphatic heterocycles. The first-order valence-corrected chi connectivity index (χ1v) is 6.40. The number of hydrogen-bond donors (Lipinski definition) is 1. The van der Waals surface area contributed by atoms with Crippen molar-refractivity contribution in [3.8, 4) is 11.8 Å². The van der Waals surface area contributed by atoms with Crippen molar-refractivity contribution in [2.24, 2.45) is 0 Å². The Morgan fingerprint density at radius 2 is 1.90 bits per heavy atom. The van der Waals surface area contributed by atoms with Gasteiger partial charge in [0.05, 0.1) is 11.3 Å². The molecule has 3 nitrogen and oxygen atoms in total. The molecule has 0 bridgehead atoms. The Kier molecular flexibility index (Phi) is 4.72. The first kappa shape index (κ1) is 14.8. The molecule has 0 aliphatic rings. The molecule has 1 N–H and O–H groups in total. The zero-order valence-electron chi connectivity index (χ0n) is 11.4. The largest absolute Gasteiger partial charge is 0.435 e. The lowest BCUT2D eigenvalue weighted by Crippen LogP contribution is -2.08. The molecule has 0 aliphatic carbocycles. The standard InChI is InChI=1S/C16H14F2N2O/c1-11(20-15-8-3-2-5-13(15)10-19)12-6-4-7-14(9-12)21-16(17)18/h2-9,11,16,20H,1H3. The Morgan fingerprint density at radius 1 is 1.14 bits per heavy atom. The van der Waals surface area contributed by atoms with Crippen molar-refractivity contribution in [1.29, 1.82) is 5.26 Å². The highest BCUT2D eigenvalue weighted by Crippen LogP contribution is 2.25. The minimum Gasteiger partial charge on any atom is -0.435 e. The van der Waals surface area contributed by atoms with E-state index in [1.165, 1.54) is 6.07 Å². The highest BCUT2D eigenvalue weighted by Gasteiger charge is 2.10. The molecule has 2 aromatic rings. The zero-order chi connectivity index (χ0) is 15.2. The van der Waals surface area contributed by atoms with E-state index in [1.54, 1.807) is 30.3 Å². The third-order valence-electron chi connectivity index (χ3n) is 3.00. The van der Waals surface area contributed by atoms with Gasteiger partial charge in [-0.3, -0.25) is 0 Å². The van der Waals surface area contributed by atoms with E-state index in [2.05, 4.69) is 16.1 Å². The Balaban J connectivity index is 2.17. The molecule has 0 radical (unpaired) electrons. The maximum Gasteiger partial charge on any atom is 0.387 e. The SMILES string of the molecule is CC(Nc1ccccc1C#N)c1cccc(OC(F)F)c1. The Bertz CT molecular complexity index is 653. The van der Waals surface area contributed by atoms with Crippen LogP contribution in [-0.4, -0.2) is 6.61 Å². The molecule has 1 unspecified atom stereocenters. The molecule has 0 saturated heterocycles. The number of anilines is 1. The van der Waals surface area contributed by atoms with E-state index in [0.717, 1.165) is 5.56 Å². The second kappa shape index (κ2) is 6.71. The van der Waals surface area contributed by atoms with Crippen LogP contribution in [0, 0.1) is 11.3 Å². The van der Waals surface area contributed by atoms with Crippen molar-refractivity contribution in [2.45, 2.75) is 19.6 Å². The number of para-hydroxylation sites is 1. The zero-order valence-corrected chi connectivity index (χ0v) is 11.4. The third kappa shape index (κ3) is 3.93. The number of alkyl halides is 2. The van der Waals surface area contributed by atoms with Gasteiger partial charge in [-0.25, -0.2) is 0 Å². The molecule has 0 saturated carbocycles. The van der Waals surface area contributed by atoms with Gasteiger partial charge in [0, 0.05) is 6.04 Å². The molecular weight excluding hydrogens is 274 g/mol. The van der Waals surface area contributed by atoms with Crippen molar-refractivity contribution in [3.63, 3.8) is 0 Å². The molecule has 0 aromatic heterocycles. The number of benzene rings is 2. The number of nitriles is 1. The molecule has 108 valence electrons. The molecular formula is C16H14F2N2O. The van der Waals surface area contributed by atoms with Crippen molar-refractivity contribution in [3.05, 3.63) is 59.7 Å². The molecule has 5 heteroatoms. The Hall–Kier alpha value is -2.61. The molecule has 2 rings (SSSR count). The first-order chi connectivity index (χ1) is 10.1. The fraction of sp³-hybridized carbons (Fsp3) is 0.188. The number of rotatable bonds is 5. The summed E-state index contributed by atoms with van der Waals surface area (Å²) in [6, 6.07) is 15.6. The van der Waals surface area contributed by atoms with Gasteiger partial charge in [0.1, 0.15) is 11.8 Å². The second-order valence-electron chi connectivity index (χ2n) is 4.47. The molecule has 0 fully saturated rings. The van der Waals surface area contributed by atoms with Gasteiger partial charge in [0.15, 0.2) is 0 Å². The van der Waals surface area contributed by atoms with E-state index >= 15 is 0 Å². The quantitative estimate of drug-likeness (QED) is 0.890. The normalized spacial score (nSPS) is 11.8. The van der Waals surface area contributed by atoms with Crippen molar-refractivity contribution in [1.82, 2.24) is 0 Å². The van der Waals surface area contributed by atoms with Gasteiger partial charge in [-0.05, 0) is 36.8 Å². The molecule has 0 amide bonds. The van der Waals surface area contributed by atoms with Gasteiger partial charge in [0.2, 0.25) is 0 Å². The molecule has 1 atom stereocenters. The first-order valence-electron chi connectivity index (χ1n) is 6.40. The lowest BCUT2D eigenvalue weighted by Gasteiger charge is -2.17. The summed E-state index contributed by atoms with van der Waals surface area (Å²) in [6.07, 6.45) is 0. The summed E-state index contributed by atoms with van der Waals surface area (Å²) >= 11 is 0. The van der Waals surface area contributed by atoms with E-state index in [-0.39, 0.29) is 11.8 Å². The van der Waals surface area contributed by atoms with Crippen LogP contribution in [0.25, 0.3) is 0 Å². The predicted molar refractivity (Wildman–Crippen MR) is 76.3 cm³/mol. The number of halogens is 2. The minimum absolute atomic E-state index is 0.115. The maximum atomic E-state index is 12.2. The number of hydrogen-bond acceptors (Lipinski definition) is 3. The van der Waals surface area contributed by atoms with Crippen LogP contribution in [0.2, 0.25) is 0 Å². The highest BCUT2D eigenvalue weighted by molar-refractivity contribution is 5.58. The van der Waals surface area contributed by atoms with Gasteiger partial charge in [-0.2, -0.15) is 14.0 Å². The van der Waals surface area contributed by atoms with Crippen LogP contribution in [0.1, 0.15) is 24.1 Å². The minimum atomic E-state index is -2.84. The lowest BCUT2D eigenvalue weighted by molar-refractivity contribution is -0.0498. The highest BCUT2D eigenvalue weighted by atomic mass is 19.3. The average Bonchev–Trinajstić information content (AvgIpc) is 2.47. The van der Waals surface area contributed by atoms with Crippen LogP contribution in [-0.2, 0) is 0 Å². The van der Waals surface area contributed by atoms with E-state index in [1.807, 2.05) is 19.1 Å². The summed E-state index contributed by atoms with van der Waals surface area (Å²) < 4.78 is 28.8. The Morgan fingerprint density at radius 3 is 2.62 bits per heavy atom. The summed E-state index contributed by atoms with van der Waals surface area (Å²) in [7, 11) is 0. The van der Waals surface area contributed by atoms with E-state index < -0.39 is 6.61 Å². The van der Waals surface area contributed by atoms with Crippen LogP contribution in [0.4, 0.5) is 14.5 Å². The summed E-state index contributed by atoms with van der Waals surface area (Å²) in [5.74, 6) is 0.115. The van der Waals surface area contributed by atoms with Gasteiger partial charge in [0.25, 0.3) is 0 Å². The summed E-state index contributed by atoms with van der Waals surface area (Å²) in [4.78, 5) is 0. The fourth-order valence-corrected chi connectivity index (χ4v) is 1.98. The average molecular weight is 288 g/mol. The van der Waals surface area contributed by atoms with Gasteiger partial charge >= 0.3 is 6.61 Å². The van der Waals surface area contributed by atoms with Crippen LogP contribution < -0.4 is 10.1 Å².